The van der Waals surface area contributed by atoms with Crippen LogP contribution in [0.5, 0.6) is 5.75 Å². The number of hydrogen-bond donors (Lipinski definition) is 1. The summed E-state index contributed by atoms with van der Waals surface area (Å²) in [5, 5.41) is 2.73. The van der Waals surface area contributed by atoms with Crippen LogP contribution in [0.3, 0.4) is 0 Å². The van der Waals surface area contributed by atoms with E-state index in [1.54, 1.807) is 24.3 Å². The fourth-order valence-electron chi connectivity index (χ4n) is 2.21. The Kier molecular flexibility index (Phi) is 5.95. The first-order chi connectivity index (χ1) is 11.5. The molecule has 0 aliphatic carbocycles. The molecule has 0 aliphatic heterocycles. The lowest BCUT2D eigenvalue weighted by Crippen LogP contribution is -2.21. The number of carbonyl (C=O) groups is 2. The van der Waals surface area contributed by atoms with Crippen molar-refractivity contribution >= 4 is 17.6 Å². The van der Waals surface area contributed by atoms with E-state index in [9.17, 15) is 9.59 Å². The third kappa shape index (κ3) is 4.84. The van der Waals surface area contributed by atoms with Crippen molar-refractivity contribution in [2.75, 3.05) is 18.5 Å². The highest BCUT2D eigenvalue weighted by Crippen LogP contribution is 2.16. The van der Waals surface area contributed by atoms with Crippen LogP contribution < -0.4 is 10.1 Å². The molecule has 1 N–H and O–H groups in total. The lowest BCUT2D eigenvalue weighted by molar-refractivity contribution is -0.119. The van der Waals surface area contributed by atoms with Gasteiger partial charge in [-0.25, -0.2) is 4.79 Å². The van der Waals surface area contributed by atoms with E-state index in [1.165, 1.54) is 0 Å². The van der Waals surface area contributed by atoms with Crippen molar-refractivity contribution in [2.45, 2.75) is 20.8 Å². The first kappa shape index (κ1) is 17.5. The molecule has 1 amide bonds. The summed E-state index contributed by atoms with van der Waals surface area (Å²) in [4.78, 5) is 23.9. The van der Waals surface area contributed by atoms with Crippen molar-refractivity contribution in [2.24, 2.45) is 0 Å². The molecule has 5 heteroatoms. The molecular formula is C19H21NO4. The van der Waals surface area contributed by atoms with Crippen LogP contribution in [0.25, 0.3) is 0 Å². The minimum absolute atomic E-state index is 0.334. The van der Waals surface area contributed by atoms with Crippen LogP contribution in [0.1, 0.15) is 28.4 Å². The average Bonchev–Trinajstić information content (AvgIpc) is 2.56. The molecule has 0 aliphatic rings. The average molecular weight is 327 g/mol. The zero-order chi connectivity index (χ0) is 17.5. The monoisotopic (exact) mass is 327 g/mol. The van der Waals surface area contributed by atoms with Crippen molar-refractivity contribution in [3.63, 3.8) is 0 Å². The molecule has 0 heterocycles. The van der Waals surface area contributed by atoms with Crippen molar-refractivity contribution in [1.82, 2.24) is 0 Å². The molecule has 0 saturated heterocycles. The van der Waals surface area contributed by atoms with E-state index in [2.05, 4.69) is 5.32 Å². The molecule has 0 fully saturated rings. The Bertz CT molecular complexity index is 723. The highest BCUT2D eigenvalue weighted by molar-refractivity contribution is 5.95. The van der Waals surface area contributed by atoms with Crippen molar-refractivity contribution in [3.05, 3.63) is 59.2 Å². The molecule has 5 nitrogen and oxygen atoms in total. The number of amides is 1. The second-order valence-electron chi connectivity index (χ2n) is 5.40. The maximum absolute atomic E-state index is 11.9. The van der Waals surface area contributed by atoms with E-state index < -0.39 is 5.97 Å². The third-order valence-electron chi connectivity index (χ3n) is 3.39. The van der Waals surface area contributed by atoms with E-state index in [4.69, 9.17) is 9.47 Å². The Morgan fingerprint density at radius 2 is 1.75 bits per heavy atom. The summed E-state index contributed by atoms with van der Waals surface area (Å²) in [5.41, 5.74) is 3.16. The van der Waals surface area contributed by atoms with E-state index in [0.29, 0.717) is 23.6 Å². The molecule has 2 aromatic carbocycles. The summed E-state index contributed by atoms with van der Waals surface area (Å²) >= 11 is 0. The van der Waals surface area contributed by atoms with Crippen LogP contribution in [0.4, 0.5) is 5.69 Å². The van der Waals surface area contributed by atoms with Gasteiger partial charge in [-0.05, 0) is 56.7 Å². The molecule has 0 aromatic heterocycles. The normalized spacial score (nSPS) is 10.1. The van der Waals surface area contributed by atoms with Crippen LogP contribution in [-0.2, 0) is 9.53 Å². The Balaban J connectivity index is 1.87. The maximum atomic E-state index is 11.9. The lowest BCUT2D eigenvalue weighted by atomic mass is 10.1. The topological polar surface area (TPSA) is 64.6 Å². The molecule has 2 rings (SSSR count). The van der Waals surface area contributed by atoms with Crippen molar-refractivity contribution < 1.29 is 19.1 Å². The Morgan fingerprint density at radius 1 is 1.04 bits per heavy atom. The van der Waals surface area contributed by atoms with Gasteiger partial charge < -0.3 is 14.8 Å². The quantitative estimate of drug-likeness (QED) is 0.825. The summed E-state index contributed by atoms with van der Waals surface area (Å²) in [5.74, 6) is -0.239. The number of carbonyl (C=O) groups excluding carboxylic acids is 2. The molecule has 0 unspecified atom stereocenters. The minimum atomic E-state index is -0.547. The Hall–Kier alpha value is -2.82. The molecule has 2 aromatic rings. The second kappa shape index (κ2) is 8.15. The van der Waals surface area contributed by atoms with Crippen LogP contribution in [0, 0.1) is 13.8 Å². The van der Waals surface area contributed by atoms with Crippen LogP contribution in [0.15, 0.2) is 42.5 Å². The van der Waals surface area contributed by atoms with E-state index in [0.717, 1.165) is 11.1 Å². The predicted octanol–water partition coefficient (Wildman–Crippen LogP) is 3.50. The van der Waals surface area contributed by atoms with Gasteiger partial charge in [0.15, 0.2) is 6.61 Å². The lowest BCUT2D eigenvalue weighted by Gasteiger charge is -2.10. The second-order valence-corrected chi connectivity index (χ2v) is 5.40. The number of aryl methyl sites for hydroxylation is 2. The number of hydrogen-bond acceptors (Lipinski definition) is 4. The highest BCUT2D eigenvalue weighted by Gasteiger charge is 2.11. The largest absolute Gasteiger partial charge is 0.494 e. The van der Waals surface area contributed by atoms with Gasteiger partial charge in [0.1, 0.15) is 5.75 Å². The Morgan fingerprint density at radius 3 is 2.38 bits per heavy atom. The van der Waals surface area contributed by atoms with Crippen LogP contribution >= 0.6 is 0 Å². The number of anilines is 1. The van der Waals surface area contributed by atoms with Gasteiger partial charge in [0.25, 0.3) is 5.91 Å². The van der Waals surface area contributed by atoms with E-state index in [-0.39, 0.29) is 12.5 Å². The minimum Gasteiger partial charge on any atom is -0.494 e. The van der Waals surface area contributed by atoms with Gasteiger partial charge >= 0.3 is 5.97 Å². The summed E-state index contributed by atoms with van der Waals surface area (Å²) in [6.45, 7) is 6.00. The van der Waals surface area contributed by atoms with Crippen LogP contribution in [0.2, 0.25) is 0 Å². The summed E-state index contributed by atoms with van der Waals surface area (Å²) in [6, 6.07) is 12.3. The summed E-state index contributed by atoms with van der Waals surface area (Å²) in [6.07, 6.45) is 0. The summed E-state index contributed by atoms with van der Waals surface area (Å²) in [7, 11) is 0. The SMILES string of the molecule is CCOc1ccc(C(=O)OCC(=O)Nc2ccc(C)cc2C)cc1. The fourth-order valence-corrected chi connectivity index (χ4v) is 2.21. The molecule has 0 saturated carbocycles. The zero-order valence-electron chi connectivity index (χ0n) is 14.1. The molecule has 0 bridgehead atoms. The third-order valence-corrected chi connectivity index (χ3v) is 3.39. The van der Waals surface area contributed by atoms with Crippen LogP contribution in [-0.4, -0.2) is 25.1 Å². The number of ether oxygens (including phenoxy) is 2. The molecule has 0 radical (unpaired) electrons. The van der Waals surface area contributed by atoms with Gasteiger partial charge in [-0.15, -0.1) is 0 Å². The predicted molar refractivity (Wildman–Crippen MR) is 92.4 cm³/mol. The molecule has 24 heavy (non-hydrogen) atoms. The van der Waals surface area contributed by atoms with Crippen molar-refractivity contribution in [1.29, 1.82) is 0 Å². The number of nitrogens with one attached hydrogen (secondary N) is 1. The highest BCUT2D eigenvalue weighted by atomic mass is 16.5. The maximum Gasteiger partial charge on any atom is 0.338 e. The molecule has 126 valence electrons. The van der Waals surface area contributed by atoms with Gasteiger partial charge in [0, 0.05) is 5.69 Å². The van der Waals surface area contributed by atoms with E-state index >= 15 is 0 Å². The van der Waals surface area contributed by atoms with Gasteiger partial charge in [-0.2, -0.15) is 0 Å². The zero-order valence-corrected chi connectivity index (χ0v) is 14.1. The van der Waals surface area contributed by atoms with Gasteiger partial charge in [0.05, 0.1) is 12.2 Å². The van der Waals surface area contributed by atoms with Gasteiger partial charge in [-0.3, -0.25) is 4.79 Å². The smallest absolute Gasteiger partial charge is 0.338 e. The number of benzene rings is 2. The first-order valence-electron chi connectivity index (χ1n) is 7.76. The number of rotatable bonds is 6. The molecular weight excluding hydrogens is 306 g/mol. The standard InChI is InChI=1S/C19H21NO4/c1-4-23-16-8-6-15(7-9-16)19(22)24-12-18(21)20-17-10-5-13(2)11-14(17)3/h5-11H,4,12H2,1-3H3,(H,20,21). The Labute approximate surface area is 141 Å². The van der Waals surface area contributed by atoms with Gasteiger partial charge in [-0.1, -0.05) is 17.7 Å². The van der Waals surface area contributed by atoms with Crippen molar-refractivity contribution in [3.8, 4) is 5.75 Å². The molecule has 0 spiro atoms. The summed E-state index contributed by atoms with van der Waals surface area (Å²) < 4.78 is 10.3. The molecule has 0 atom stereocenters. The first-order valence-corrected chi connectivity index (χ1v) is 7.76. The van der Waals surface area contributed by atoms with Gasteiger partial charge in [0.2, 0.25) is 0 Å². The fraction of sp³-hybridized carbons (Fsp3) is 0.263. The van der Waals surface area contributed by atoms with E-state index in [1.807, 2.05) is 39.0 Å². The number of esters is 1.